The van der Waals surface area contributed by atoms with E-state index in [0.29, 0.717) is 11.4 Å². The monoisotopic (exact) mass is 601 g/mol. The summed E-state index contributed by atoms with van der Waals surface area (Å²) in [6.45, 7) is 0.319. The Labute approximate surface area is 242 Å². The molecule has 1 saturated carbocycles. The third-order valence-corrected chi connectivity index (χ3v) is 6.78. The number of halogens is 4. The van der Waals surface area contributed by atoms with Gasteiger partial charge in [-0.3, -0.25) is 14.0 Å². The van der Waals surface area contributed by atoms with Crippen LogP contribution in [0.2, 0.25) is 0 Å². The average Bonchev–Trinajstić information content (AvgIpc) is 3.63. The number of pyridine rings is 2. The summed E-state index contributed by atoms with van der Waals surface area (Å²) >= 11 is 0. The minimum absolute atomic E-state index is 0.0443. The fraction of sp³-hybridized carbons (Fsp3) is 0.310. The lowest BCUT2D eigenvalue weighted by molar-refractivity contribution is -0.265. The second kappa shape index (κ2) is 11.5. The topological polar surface area (TPSA) is 141 Å². The van der Waals surface area contributed by atoms with Crippen LogP contribution in [0.5, 0.6) is 11.5 Å². The van der Waals surface area contributed by atoms with E-state index in [4.69, 9.17) is 15.2 Å². The van der Waals surface area contributed by atoms with Crippen molar-refractivity contribution >= 4 is 17.5 Å². The maximum atomic E-state index is 14.6. The smallest absolute Gasteiger partial charge is 0.424 e. The number of hydrogen-bond acceptors (Lipinski definition) is 7. The number of alkyl halides is 3. The van der Waals surface area contributed by atoms with Gasteiger partial charge in [-0.25, -0.2) is 14.4 Å². The number of nitrogens with zero attached hydrogens (tertiary/aromatic N) is 3. The maximum Gasteiger partial charge on any atom is 0.424 e. The molecule has 1 atom stereocenters. The second-order valence-corrected chi connectivity index (χ2v) is 9.99. The number of rotatable bonds is 11. The van der Waals surface area contributed by atoms with E-state index in [1.807, 2.05) is 0 Å². The van der Waals surface area contributed by atoms with Crippen LogP contribution in [0.15, 0.2) is 54.9 Å². The molecule has 3 aromatic heterocycles. The number of primary amides is 1. The molecule has 10 nitrogen and oxygen atoms in total. The standard InChI is InChI=1S/C29H27F4N5O5/c1-2-42-25-17(14-23(34)39)13-22(37-24(25)16-3-5-18(30)6-4-16)28(41,29(31,32)33)15-36-27(40)20-9-10-21(43-19-7-8-19)26-35-11-12-38(20)26/h3-6,9-13,19,41H,2,7-8,14-15H2,1H3,(H2,34,39)(H,36,40)/t28-/m0/s1. The number of carbonyl (C=O) groups is 2. The molecule has 1 aromatic carbocycles. The first-order valence-corrected chi connectivity index (χ1v) is 13.3. The van der Waals surface area contributed by atoms with Crippen molar-refractivity contribution < 1.29 is 41.7 Å². The van der Waals surface area contributed by atoms with E-state index in [1.165, 1.54) is 41.1 Å². The molecule has 43 heavy (non-hydrogen) atoms. The van der Waals surface area contributed by atoms with Gasteiger partial charge >= 0.3 is 6.18 Å². The molecule has 226 valence electrons. The van der Waals surface area contributed by atoms with Gasteiger partial charge < -0.3 is 25.6 Å². The molecule has 0 aliphatic heterocycles. The molecule has 0 unspecified atom stereocenters. The van der Waals surface area contributed by atoms with Gasteiger partial charge in [-0.2, -0.15) is 13.2 Å². The minimum Gasteiger partial charge on any atom is -0.491 e. The Bertz CT molecular complexity index is 1670. The maximum absolute atomic E-state index is 14.6. The SMILES string of the molecule is CCOc1c(CC(N)=O)cc([C@@](O)(CNC(=O)c2ccc(OC3CC3)c3nccn23)C(F)(F)F)nc1-c1ccc(F)cc1. The van der Waals surface area contributed by atoms with Crippen LogP contribution >= 0.6 is 0 Å². The van der Waals surface area contributed by atoms with Crippen molar-refractivity contribution in [2.24, 2.45) is 5.73 Å². The third kappa shape index (κ3) is 6.09. The molecule has 4 N–H and O–H groups in total. The first-order chi connectivity index (χ1) is 20.4. The number of fused-ring (bicyclic) bond motifs is 1. The molecular weight excluding hydrogens is 574 g/mol. The lowest BCUT2D eigenvalue weighted by Gasteiger charge is -2.31. The van der Waals surface area contributed by atoms with E-state index in [1.54, 1.807) is 6.92 Å². The van der Waals surface area contributed by atoms with Crippen LogP contribution in [0, 0.1) is 5.82 Å². The highest BCUT2D eigenvalue weighted by Crippen LogP contribution is 2.42. The highest BCUT2D eigenvalue weighted by Gasteiger charge is 2.57. The van der Waals surface area contributed by atoms with E-state index >= 15 is 0 Å². The van der Waals surface area contributed by atoms with Crippen molar-refractivity contribution in [2.75, 3.05) is 13.2 Å². The molecular formula is C29H27F4N5O5. The molecule has 1 aliphatic rings. The number of imidazole rings is 1. The van der Waals surface area contributed by atoms with E-state index in [0.717, 1.165) is 31.0 Å². The summed E-state index contributed by atoms with van der Waals surface area (Å²) in [5.74, 6) is -2.06. The van der Waals surface area contributed by atoms with Gasteiger partial charge in [0.25, 0.3) is 5.91 Å². The number of ether oxygens (including phenoxy) is 2. The quantitative estimate of drug-likeness (QED) is 0.223. The summed E-state index contributed by atoms with van der Waals surface area (Å²) < 4.78 is 70.3. The number of aromatic nitrogens is 3. The van der Waals surface area contributed by atoms with Gasteiger partial charge in [-0.1, -0.05) is 0 Å². The van der Waals surface area contributed by atoms with Crippen LogP contribution in [0.3, 0.4) is 0 Å². The van der Waals surface area contributed by atoms with Crippen molar-refractivity contribution in [1.82, 2.24) is 19.7 Å². The number of benzene rings is 1. The van der Waals surface area contributed by atoms with E-state index < -0.39 is 48.1 Å². The molecule has 5 rings (SSSR count). The Balaban J connectivity index is 1.54. The van der Waals surface area contributed by atoms with Crippen LogP contribution in [0.25, 0.3) is 16.9 Å². The zero-order valence-electron chi connectivity index (χ0n) is 22.8. The highest BCUT2D eigenvalue weighted by molar-refractivity contribution is 5.93. The average molecular weight is 602 g/mol. The molecule has 0 spiro atoms. The van der Waals surface area contributed by atoms with Crippen molar-refractivity contribution in [1.29, 1.82) is 0 Å². The molecule has 0 bridgehead atoms. The van der Waals surface area contributed by atoms with Gasteiger partial charge in [0.1, 0.15) is 23.0 Å². The number of amides is 2. The molecule has 4 aromatic rings. The summed E-state index contributed by atoms with van der Waals surface area (Å²) in [7, 11) is 0. The third-order valence-electron chi connectivity index (χ3n) is 6.78. The first kappa shape index (κ1) is 29.8. The molecule has 0 saturated heterocycles. The van der Waals surface area contributed by atoms with Crippen LogP contribution in [0.1, 0.15) is 41.5 Å². The summed E-state index contributed by atoms with van der Waals surface area (Å²) in [5.41, 5.74) is 0.842. The molecule has 0 radical (unpaired) electrons. The summed E-state index contributed by atoms with van der Waals surface area (Å²) in [5, 5.41) is 13.3. The first-order valence-electron chi connectivity index (χ1n) is 13.3. The molecule has 1 fully saturated rings. The molecule has 2 amide bonds. The van der Waals surface area contributed by atoms with E-state index in [9.17, 15) is 32.3 Å². The van der Waals surface area contributed by atoms with Crippen LogP contribution in [-0.4, -0.2) is 56.7 Å². The van der Waals surface area contributed by atoms with Gasteiger partial charge in [0.2, 0.25) is 11.5 Å². The van der Waals surface area contributed by atoms with Crippen LogP contribution in [-0.2, 0) is 16.8 Å². The number of hydrogen-bond donors (Lipinski definition) is 3. The Kier molecular flexibility index (Phi) is 7.97. The van der Waals surface area contributed by atoms with Crippen LogP contribution in [0.4, 0.5) is 17.6 Å². The lowest BCUT2D eigenvalue weighted by atomic mass is 9.93. The minimum atomic E-state index is -5.35. The van der Waals surface area contributed by atoms with E-state index in [2.05, 4.69) is 15.3 Å². The second-order valence-electron chi connectivity index (χ2n) is 9.99. The van der Waals surface area contributed by atoms with Crippen molar-refractivity contribution in [3.8, 4) is 22.8 Å². The van der Waals surface area contributed by atoms with Crippen molar-refractivity contribution in [3.63, 3.8) is 0 Å². The van der Waals surface area contributed by atoms with Crippen molar-refractivity contribution in [2.45, 2.75) is 44.1 Å². The molecule has 1 aliphatic carbocycles. The van der Waals surface area contributed by atoms with Crippen molar-refractivity contribution in [3.05, 3.63) is 77.6 Å². The normalized spacial score (nSPS) is 14.7. The lowest BCUT2D eigenvalue weighted by Crippen LogP contribution is -2.51. The number of carbonyl (C=O) groups excluding carboxylic acids is 2. The summed E-state index contributed by atoms with van der Waals surface area (Å²) in [4.78, 5) is 33.3. The largest absolute Gasteiger partial charge is 0.491 e. The highest BCUT2D eigenvalue weighted by atomic mass is 19.4. The summed E-state index contributed by atoms with van der Waals surface area (Å²) in [6, 6.07) is 8.41. The Morgan fingerprint density at radius 3 is 2.51 bits per heavy atom. The number of nitrogens with one attached hydrogen (secondary N) is 1. The van der Waals surface area contributed by atoms with Gasteiger partial charge in [0.05, 0.1) is 31.4 Å². The van der Waals surface area contributed by atoms with Gasteiger partial charge in [-0.05, 0) is 62.2 Å². The predicted molar refractivity (Wildman–Crippen MR) is 145 cm³/mol. The van der Waals surface area contributed by atoms with E-state index in [-0.39, 0.29) is 41.0 Å². The zero-order chi connectivity index (χ0) is 30.9. The Morgan fingerprint density at radius 1 is 1.16 bits per heavy atom. The fourth-order valence-corrected chi connectivity index (χ4v) is 4.49. The zero-order valence-corrected chi connectivity index (χ0v) is 22.8. The molecule has 3 heterocycles. The van der Waals surface area contributed by atoms with Crippen LogP contribution < -0.4 is 20.5 Å². The Hall–Kier alpha value is -4.72. The van der Waals surface area contributed by atoms with Gasteiger partial charge in [0.15, 0.2) is 11.4 Å². The number of aliphatic hydroxyl groups is 1. The predicted octanol–water partition coefficient (Wildman–Crippen LogP) is 3.68. The fourth-order valence-electron chi connectivity index (χ4n) is 4.49. The van der Waals surface area contributed by atoms with Gasteiger partial charge in [0, 0.05) is 23.5 Å². The molecule has 14 heteroatoms. The van der Waals surface area contributed by atoms with Gasteiger partial charge in [-0.15, -0.1) is 0 Å². The Morgan fingerprint density at radius 2 is 1.88 bits per heavy atom. The number of nitrogens with two attached hydrogens (primary N) is 1. The summed E-state index contributed by atoms with van der Waals surface area (Å²) in [6.07, 6.45) is -1.21.